The molecule has 1 amide bonds. The van der Waals surface area contributed by atoms with Crippen LogP contribution in [0.1, 0.15) is 25.8 Å². The van der Waals surface area contributed by atoms with Crippen molar-refractivity contribution in [1.29, 1.82) is 0 Å². The highest BCUT2D eigenvalue weighted by molar-refractivity contribution is 8.26. The van der Waals surface area contributed by atoms with E-state index in [0.717, 1.165) is 16.7 Å². The summed E-state index contributed by atoms with van der Waals surface area (Å²) < 4.78 is 0.142. The molecule has 132 valence electrons. The van der Waals surface area contributed by atoms with E-state index in [1.54, 1.807) is 6.07 Å². The average Bonchev–Trinajstić information content (AvgIpc) is 2.79. The molecule has 1 N–H and O–H groups in total. The molecule has 1 fully saturated rings. The first kappa shape index (κ1) is 19.1. The van der Waals surface area contributed by atoms with Gasteiger partial charge in [0.05, 0.1) is 15.4 Å². The fourth-order valence-electron chi connectivity index (χ4n) is 2.43. The molecule has 0 aromatic heterocycles. The number of nitrogens with zero attached hydrogens (tertiary/aromatic N) is 2. The number of carbonyl (C=O) groups excluding carboxylic acids is 1. The number of nitro groups is 1. The fraction of sp³-hybridized carbons (Fsp3) is 0.312. The average molecular weight is 380 g/mol. The molecule has 0 bridgehead atoms. The Morgan fingerprint density at radius 1 is 1.44 bits per heavy atom. The maximum Gasteiger partial charge on any atom is 0.326 e. The van der Waals surface area contributed by atoms with E-state index in [2.05, 4.69) is 0 Å². The summed E-state index contributed by atoms with van der Waals surface area (Å²) in [5.41, 5.74) is 0.133. The molecule has 25 heavy (non-hydrogen) atoms. The van der Waals surface area contributed by atoms with Gasteiger partial charge in [0.1, 0.15) is 10.4 Å². The Morgan fingerprint density at radius 3 is 2.64 bits per heavy atom. The minimum atomic E-state index is -1.13. The van der Waals surface area contributed by atoms with Crippen LogP contribution in [-0.4, -0.2) is 37.2 Å². The molecule has 0 aliphatic carbocycles. The molecule has 1 saturated heterocycles. The van der Waals surface area contributed by atoms with Crippen LogP contribution < -0.4 is 0 Å². The molecule has 1 aliphatic rings. The number of hydrogen-bond acceptors (Lipinski definition) is 6. The Balaban J connectivity index is 2.38. The van der Waals surface area contributed by atoms with Crippen molar-refractivity contribution in [2.45, 2.75) is 26.3 Å². The molecule has 1 unspecified atom stereocenters. The highest BCUT2D eigenvalue weighted by atomic mass is 32.2. The number of amides is 1. The van der Waals surface area contributed by atoms with Crippen molar-refractivity contribution in [1.82, 2.24) is 4.90 Å². The van der Waals surface area contributed by atoms with E-state index >= 15 is 0 Å². The van der Waals surface area contributed by atoms with Crippen molar-refractivity contribution in [2.75, 3.05) is 0 Å². The van der Waals surface area contributed by atoms with Crippen LogP contribution in [0.3, 0.4) is 0 Å². The van der Waals surface area contributed by atoms with Crippen LogP contribution in [0.4, 0.5) is 5.69 Å². The summed E-state index contributed by atoms with van der Waals surface area (Å²) in [6.45, 7) is 3.72. The predicted molar refractivity (Wildman–Crippen MR) is 99.0 cm³/mol. The maximum atomic E-state index is 12.6. The van der Waals surface area contributed by atoms with Crippen LogP contribution in [0.25, 0.3) is 6.08 Å². The van der Waals surface area contributed by atoms with Gasteiger partial charge in [0.15, 0.2) is 0 Å². The number of aliphatic carboxylic acids is 1. The van der Waals surface area contributed by atoms with Gasteiger partial charge in [0, 0.05) is 6.07 Å². The highest BCUT2D eigenvalue weighted by Gasteiger charge is 2.40. The van der Waals surface area contributed by atoms with Crippen molar-refractivity contribution in [3.63, 3.8) is 0 Å². The van der Waals surface area contributed by atoms with Gasteiger partial charge in [0.25, 0.3) is 11.6 Å². The second-order valence-corrected chi connectivity index (χ2v) is 7.53. The summed E-state index contributed by atoms with van der Waals surface area (Å²) in [6.07, 6.45) is 1.65. The van der Waals surface area contributed by atoms with Gasteiger partial charge in [-0.05, 0) is 24.5 Å². The van der Waals surface area contributed by atoms with Crippen LogP contribution >= 0.6 is 24.0 Å². The summed E-state index contributed by atoms with van der Waals surface area (Å²) in [6, 6.07) is 4.96. The van der Waals surface area contributed by atoms with Crippen molar-refractivity contribution in [3.8, 4) is 0 Å². The summed E-state index contributed by atoms with van der Waals surface area (Å²) in [4.78, 5) is 36.0. The Bertz CT molecular complexity index is 776. The van der Waals surface area contributed by atoms with Crippen molar-refractivity contribution >= 4 is 51.9 Å². The minimum absolute atomic E-state index is 0.0601. The zero-order valence-electron chi connectivity index (χ0n) is 13.5. The third kappa shape index (κ3) is 4.23. The van der Waals surface area contributed by atoms with Gasteiger partial charge >= 0.3 is 5.97 Å². The number of thioether (sulfide) groups is 1. The molecule has 1 heterocycles. The van der Waals surface area contributed by atoms with E-state index in [0.29, 0.717) is 0 Å². The van der Waals surface area contributed by atoms with E-state index < -0.39 is 22.8 Å². The largest absolute Gasteiger partial charge is 0.480 e. The van der Waals surface area contributed by atoms with Crippen LogP contribution in [0.5, 0.6) is 0 Å². The van der Waals surface area contributed by atoms with E-state index in [1.807, 2.05) is 13.8 Å². The molecule has 1 aromatic rings. The predicted octanol–water partition coefficient (Wildman–Crippen LogP) is 3.30. The molecular formula is C16H16N2O5S2. The third-order valence-corrected chi connectivity index (χ3v) is 4.87. The molecule has 0 radical (unpaired) electrons. The first-order valence-electron chi connectivity index (χ1n) is 7.45. The van der Waals surface area contributed by atoms with Gasteiger partial charge < -0.3 is 5.11 Å². The number of nitro benzene ring substituents is 1. The molecule has 0 spiro atoms. The molecule has 2 rings (SSSR count). The van der Waals surface area contributed by atoms with E-state index in [9.17, 15) is 24.8 Å². The Morgan fingerprint density at radius 2 is 2.08 bits per heavy atom. The van der Waals surface area contributed by atoms with Crippen LogP contribution in [0.2, 0.25) is 0 Å². The maximum absolute atomic E-state index is 12.6. The molecular weight excluding hydrogens is 364 g/mol. The van der Waals surface area contributed by atoms with Gasteiger partial charge in [-0.15, -0.1) is 0 Å². The number of para-hydroxylation sites is 1. The van der Waals surface area contributed by atoms with Gasteiger partial charge in [-0.1, -0.05) is 50.0 Å². The Labute approximate surface area is 153 Å². The Hall–Kier alpha value is -2.26. The normalized spacial score (nSPS) is 17.4. The molecule has 0 saturated carbocycles. The molecule has 1 atom stereocenters. The van der Waals surface area contributed by atoms with Gasteiger partial charge in [-0.2, -0.15) is 0 Å². The lowest BCUT2D eigenvalue weighted by molar-refractivity contribution is -0.385. The van der Waals surface area contributed by atoms with E-state index in [-0.39, 0.29) is 32.8 Å². The zero-order chi connectivity index (χ0) is 18.7. The van der Waals surface area contributed by atoms with Crippen LogP contribution in [0.15, 0.2) is 29.2 Å². The summed E-state index contributed by atoms with van der Waals surface area (Å²) in [5, 5.41) is 20.5. The minimum Gasteiger partial charge on any atom is -0.480 e. The quantitative estimate of drug-likeness (QED) is 0.350. The fourth-order valence-corrected chi connectivity index (χ4v) is 3.78. The molecule has 7 nitrogen and oxygen atoms in total. The van der Waals surface area contributed by atoms with Crippen molar-refractivity contribution < 1.29 is 19.6 Å². The van der Waals surface area contributed by atoms with Crippen LogP contribution in [0, 0.1) is 16.0 Å². The molecule has 1 aliphatic heterocycles. The topological polar surface area (TPSA) is 101 Å². The summed E-state index contributed by atoms with van der Waals surface area (Å²) in [7, 11) is 0. The Kier molecular flexibility index (Phi) is 5.91. The molecule has 9 heteroatoms. The smallest absolute Gasteiger partial charge is 0.326 e. The first-order chi connectivity index (χ1) is 11.7. The SMILES string of the molecule is CC(C)CC(C(=O)O)N1C(=O)/C(=C/c2ccccc2[N+](=O)[O-])SC1=S. The second-order valence-electron chi connectivity index (χ2n) is 5.85. The zero-order valence-corrected chi connectivity index (χ0v) is 15.2. The van der Waals surface area contributed by atoms with Gasteiger partial charge in [0.2, 0.25) is 0 Å². The summed E-state index contributed by atoms with van der Waals surface area (Å²) >= 11 is 6.13. The highest BCUT2D eigenvalue weighted by Crippen LogP contribution is 2.36. The summed E-state index contributed by atoms with van der Waals surface area (Å²) in [5.74, 6) is -1.61. The lowest BCUT2D eigenvalue weighted by atomic mass is 10.0. The first-order valence-corrected chi connectivity index (χ1v) is 8.68. The van der Waals surface area contributed by atoms with Crippen molar-refractivity contribution in [3.05, 3.63) is 44.8 Å². The number of hydrogen-bond donors (Lipinski definition) is 1. The van der Waals surface area contributed by atoms with Gasteiger partial charge in [-0.3, -0.25) is 19.8 Å². The lowest BCUT2D eigenvalue weighted by Gasteiger charge is -2.24. The third-order valence-electron chi connectivity index (χ3n) is 3.53. The lowest BCUT2D eigenvalue weighted by Crippen LogP contribution is -2.44. The number of carboxylic acids is 1. The molecule has 1 aromatic carbocycles. The van der Waals surface area contributed by atoms with E-state index in [4.69, 9.17) is 12.2 Å². The monoisotopic (exact) mass is 380 g/mol. The van der Waals surface area contributed by atoms with Gasteiger partial charge in [-0.25, -0.2) is 4.79 Å². The van der Waals surface area contributed by atoms with Crippen molar-refractivity contribution in [2.24, 2.45) is 5.92 Å². The number of carboxylic acid groups (broad SMARTS) is 1. The second kappa shape index (κ2) is 7.75. The number of thiocarbonyl (C=S) groups is 1. The standard InChI is InChI=1S/C16H16N2O5S2/c1-9(2)7-12(15(20)21)17-14(19)13(25-16(17)24)8-10-5-3-4-6-11(10)18(22)23/h3-6,8-9,12H,7H2,1-2H3,(H,20,21)/b13-8-. The van der Waals surface area contributed by atoms with Crippen LogP contribution in [-0.2, 0) is 9.59 Å². The number of carbonyl (C=O) groups is 2. The number of benzene rings is 1. The van der Waals surface area contributed by atoms with E-state index in [1.165, 1.54) is 24.3 Å². The number of rotatable bonds is 6.